The Hall–Kier alpha value is -1.61. The highest BCUT2D eigenvalue weighted by molar-refractivity contribution is 5.95. The molecular formula is C15H21F3N4O2. The van der Waals surface area contributed by atoms with Crippen LogP contribution in [0, 0.1) is 0 Å². The van der Waals surface area contributed by atoms with Crippen LogP contribution in [-0.4, -0.2) is 70.9 Å². The molecule has 0 aromatic carbocycles. The Balaban J connectivity index is 1.83. The first-order valence-electron chi connectivity index (χ1n) is 8.07. The number of likely N-dealkylation sites (N-methyl/N-ethyl adjacent to an activating group) is 1. The molecule has 24 heavy (non-hydrogen) atoms. The third kappa shape index (κ3) is 3.14. The molecule has 0 saturated carbocycles. The monoisotopic (exact) mass is 346 g/mol. The van der Waals surface area contributed by atoms with Gasteiger partial charge in [0.25, 0.3) is 5.91 Å². The Morgan fingerprint density at radius 3 is 2.83 bits per heavy atom. The normalized spacial score (nSPS) is 25.6. The maximum absolute atomic E-state index is 13.2. The van der Waals surface area contributed by atoms with Gasteiger partial charge in [-0.15, -0.1) is 0 Å². The second-order valence-electron chi connectivity index (χ2n) is 6.24. The Morgan fingerprint density at radius 1 is 1.42 bits per heavy atom. The number of nitrogens with zero attached hydrogens (tertiary/aromatic N) is 4. The molecule has 2 saturated heterocycles. The summed E-state index contributed by atoms with van der Waals surface area (Å²) in [4.78, 5) is 16.3. The fourth-order valence-electron chi connectivity index (χ4n) is 3.35. The highest BCUT2D eigenvalue weighted by Gasteiger charge is 2.42. The quantitative estimate of drug-likeness (QED) is 0.814. The average Bonchev–Trinajstić information content (AvgIpc) is 2.99. The van der Waals surface area contributed by atoms with E-state index in [2.05, 4.69) is 10.00 Å². The second kappa shape index (κ2) is 6.36. The molecule has 134 valence electrons. The summed E-state index contributed by atoms with van der Waals surface area (Å²) in [5.74, 6) is -0.612. The van der Waals surface area contributed by atoms with E-state index in [-0.39, 0.29) is 24.3 Å². The summed E-state index contributed by atoms with van der Waals surface area (Å²) in [6.07, 6.45) is -2.79. The summed E-state index contributed by atoms with van der Waals surface area (Å²) in [6, 6.07) is 0.0204. The van der Waals surface area contributed by atoms with E-state index in [1.807, 2.05) is 7.05 Å². The van der Waals surface area contributed by atoms with Crippen LogP contribution in [0.3, 0.4) is 0 Å². The van der Waals surface area contributed by atoms with E-state index in [9.17, 15) is 18.0 Å². The molecule has 1 aromatic heterocycles. The fraction of sp³-hybridized carbons (Fsp3) is 0.733. The number of carbonyl (C=O) groups is 1. The van der Waals surface area contributed by atoms with Crippen molar-refractivity contribution in [2.75, 3.05) is 33.3 Å². The van der Waals surface area contributed by atoms with Gasteiger partial charge in [-0.1, -0.05) is 0 Å². The zero-order valence-corrected chi connectivity index (χ0v) is 13.7. The summed E-state index contributed by atoms with van der Waals surface area (Å²) in [7, 11) is 1.95. The number of amides is 1. The average molecular weight is 346 g/mol. The van der Waals surface area contributed by atoms with Crippen molar-refractivity contribution < 1.29 is 22.7 Å². The van der Waals surface area contributed by atoms with Gasteiger partial charge in [0.15, 0.2) is 5.69 Å². The SMILES string of the molecule is CCn1cc(C(=O)N2CC[C@H]3OCCN(C)[C@H]3C2)c(C(F)(F)F)n1. The van der Waals surface area contributed by atoms with Crippen molar-refractivity contribution in [1.29, 1.82) is 0 Å². The number of ether oxygens (including phenoxy) is 1. The van der Waals surface area contributed by atoms with Crippen LogP contribution >= 0.6 is 0 Å². The van der Waals surface area contributed by atoms with E-state index < -0.39 is 17.8 Å². The molecule has 2 fully saturated rings. The number of hydrogen-bond acceptors (Lipinski definition) is 4. The van der Waals surface area contributed by atoms with Crippen molar-refractivity contribution in [1.82, 2.24) is 19.6 Å². The molecule has 1 amide bonds. The van der Waals surface area contributed by atoms with Crippen LogP contribution in [0.25, 0.3) is 0 Å². The number of alkyl halides is 3. The Bertz CT molecular complexity index is 616. The van der Waals surface area contributed by atoms with Gasteiger partial charge in [0.1, 0.15) is 0 Å². The van der Waals surface area contributed by atoms with Crippen LogP contribution < -0.4 is 0 Å². The first-order valence-corrected chi connectivity index (χ1v) is 8.07. The molecule has 0 radical (unpaired) electrons. The topological polar surface area (TPSA) is 50.6 Å². The minimum absolute atomic E-state index is 0.0204. The summed E-state index contributed by atoms with van der Waals surface area (Å²) < 4.78 is 46.4. The number of carbonyl (C=O) groups excluding carboxylic acids is 1. The number of fused-ring (bicyclic) bond motifs is 1. The van der Waals surface area contributed by atoms with Crippen LogP contribution in [-0.2, 0) is 17.5 Å². The van der Waals surface area contributed by atoms with E-state index in [1.54, 1.807) is 6.92 Å². The Morgan fingerprint density at radius 2 is 2.17 bits per heavy atom. The van der Waals surface area contributed by atoms with Gasteiger partial charge in [-0.05, 0) is 20.4 Å². The number of morpholine rings is 1. The van der Waals surface area contributed by atoms with Crippen molar-refractivity contribution in [3.05, 3.63) is 17.5 Å². The number of piperidine rings is 1. The minimum Gasteiger partial charge on any atom is -0.375 e. The lowest BCUT2D eigenvalue weighted by molar-refractivity contribution is -0.142. The number of hydrogen-bond donors (Lipinski definition) is 0. The third-order valence-electron chi connectivity index (χ3n) is 4.73. The maximum atomic E-state index is 13.2. The number of likely N-dealkylation sites (tertiary alicyclic amines) is 1. The molecule has 3 heterocycles. The molecule has 0 spiro atoms. The number of aryl methyl sites for hydroxylation is 1. The van der Waals surface area contributed by atoms with Gasteiger partial charge in [0.2, 0.25) is 0 Å². The van der Waals surface area contributed by atoms with E-state index in [0.29, 0.717) is 26.1 Å². The van der Waals surface area contributed by atoms with Crippen molar-refractivity contribution in [2.24, 2.45) is 0 Å². The number of aromatic nitrogens is 2. The molecule has 0 N–H and O–H groups in total. The predicted molar refractivity (Wildman–Crippen MR) is 79.6 cm³/mol. The molecule has 3 rings (SSSR count). The summed E-state index contributed by atoms with van der Waals surface area (Å²) in [6.45, 7) is 4.12. The van der Waals surface area contributed by atoms with Crippen LogP contribution in [0.15, 0.2) is 6.20 Å². The van der Waals surface area contributed by atoms with Crippen molar-refractivity contribution in [3.8, 4) is 0 Å². The van der Waals surface area contributed by atoms with Crippen LogP contribution in [0.5, 0.6) is 0 Å². The molecule has 1 aromatic rings. The molecule has 2 atom stereocenters. The van der Waals surface area contributed by atoms with Crippen LogP contribution in [0.4, 0.5) is 13.2 Å². The smallest absolute Gasteiger partial charge is 0.375 e. The van der Waals surface area contributed by atoms with Gasteiger partial charge >= 0.3 is 6.18 Å². The lowest BCUT2D eigenvalue weighted by Gasteiger charge is -2.45. The van der Waals surface area contributed by atoms with E-state index in [1.165, 1.54) is 11.1 Å². The first kappa shape index (κ1) is 17.2. The highest BCUT2D eigenvalue weighted by atomic mass is 19.4. The van der Waals surface area contributed by atoms with Gasteiger partial charge in [0.05, 0.1) is 24.3 Å². The van der Waals surface area contributed by atoms with E-state index >= 15 is 0 Å². The van der Waals surface area contributed by atoms with Gasteiger partial charge in [-0.25, -0.2) is 0 Å². The summed E-state index contributed by atoms with van der Waals surface area (Å²) >= 11 is 0. The second-order valence-corrected chi connectivity index (χ2v) is 6.24. The number of rotatable bonds is 2. The zero-order chi connectivity index (χ0) is 17.5. The van der Waals surface area contributed by atoms with Gasteiger partial charge in [-0.3, -0.25) is 14.4 Å². The lowest BCUT2D eigenvalue weighted by Crippen LogP contribution is -2.59. The fourth-order valence-corrected chi connectivity index (χ4v) is 3.35. The predicted octanol–water partition coefficient (Wildman–Crippen LogP) is 1.47. The standard InChI is InChI=1S/C15H21F3N4O2/c1-3-22-8-10(13(19-22)15(16,17)18)14(23)21-5-4-12-11(9-21)20(2)6-7-24-12/h8,11-12H,3-7,9H2,1-2H3/t11-,12+/m0/s1. The lowest BCUT2D eigenvalue weighted by atomic mass is 9.98. The Kier molecular flexibility index (Phi) is 4.56. The highest BCUT2D eigenvalue weighted by Crippen LogP contribution is 2.32. The zero-order valence-electron chi connectivity index (χ0n) is 13.7. The molecule has 0 bridgehead atoms. The summed E-state index contributed by atoms with van der Waals surface area (Å²) in [5, 5.41) is 3.52. The van der Waals surface area contributed by atoms with Gasteiger partial charge in [-0.2, -0.15) is 18.3 Å². The molecular weight excluding hydrogens is 325 g/mol. The molecule has 2 aliphatic rings. The Labute approximate surface area is 138 Å². The summed E-state index contributed by atoms with van der Waals surface area (Å²) in [5.41, 5.74) is -1.48. The third-order valence-corrected chi connectivity index (χ3v) is 4.73. The van der Waals surface area contributed by atoms with Crippen LogP contribution in [0.1, 0.15) is 29.4 Å². The molecule has 0 aliphatic carbocycles. The largest absolute Gasteiger partial charge is 0.435 e. The van der Waals surface area contributed by atoms with Gasteiger partial charge < -0.3 is 9.64 Å². The molecule has 9 heteroatoms. The van der Waals surface area contributed by atoms with E-state index in [4.69, 9.17) is 4.74 Å². The maximum Gasteiger partial charge on any atom is 0.435 e. The molecule has 6 nitrogen and oxygen atoms in total. The van der Waals surface area contributed by atoms with Crippen LogP contribution in [0.2, 0.25) is 0 Å². The van der Waals surface area contributed by atoms with E-state index in [0.717, 1.165) is 11.2 Å². The first-order chi connectivity index (χ1) is 11.3. The van der Waals surface area contributed by atoms with Crippen molar-refractivity contribution >= 4 is 5.91 Å². The van der Waals surface area contributed by atoms with Crippen molar-refractivity contribution in [3.63, 3.8) is 0 Å². The minimum atomic E-state index is -4.64. The van der Waals surface area contributed by atoms with Gasteiger partial charge in [0, 0.05) is 32.4 Å². The molecule has 0 unspecified atom stereocenters. The molecule has 2 aliphatic heterocycles. The van der Waals surface area contributed by atoms with Crippen molar-refractivity contribution in [2.45, 2.75) is 38.2 Å². The number of halogens is 3.